The Kier molecular flexibility index (Phi) is 3.18. The minimum atomic E-state index is 0.833. The molecule has 0 aliphatic carbocycles. The van der Waals surface area contributed by atoms with Crippen LogP contribution in [0.4, 0.5) is 0 Å². The smallest absolute Gasteiger partial charge is 0.108 e. The molecule has 1 heterocycles. The predicted octanol–water partition coefficient (Wildman–Crippen LogP) is 5.43. The lowest BCUT2D eigenvalue weighted by atomic mass is 10.0. The van der Waals surface area contributed by atoms with Crippen LogP contribution in [0.1, 0.15) is 0 Å². The molecule has 2 aromatic carbocycles. The zero-order valence-corrected chi connectivity index (χ0v) is 12.6. The fraction of sp³-hybridized carbons (Fsp3) is 0. The van der Waals surface area contributed by atoms with Crippen molar-refractivity contribution in [2.75, 3.05) is 0 Å². The van der Waals surface area contributed by atoms with Crippen molar-refractivity contribution < 1.29 is 0 Å². The maximum Gasteiger partial charge on any atom is 0.108 e. The number of hydrogen-bond donors (Lipinski definition) is 0. The van der Waals surface area contributed by atoms with Gasteiger partial charge < -0.3 is 0 Å². The quantitative estimate of drug-likeness (QED) is 0.526. The number of pyridine rings is 1. The molecule has 0 bridgehead atoms. The highest BCUT2D eigenvalue weighted by atomic mass is 79.9. The molecule has 1 aromatic heterocycles. The first-order chi connectivity index (χ1) is 8.72. The van der Waals surface area contributed by atoms with Crippen molar-refractivity contribution in [3.8, 4) is 11.1 Å². The molecule has 0 fully saturated rings. The van der Waals surface area contributed by atoms with Gasteiger partial charge in [-0.05, 0) is 72.0 Å². The van der Waals surface area contributed by atoms with Crippen LogP contribution in [0.3, 0.4) is 0 Å². The Morgan fingerprint density at radius 2 is 1.33 bits per heavy atom. The van der Waals surface area contributed by atoms with Gasteiger partial charge in [0, 0.05) is 0 Å². The van der Waals surface area contributed by atoms with Gasteiger partial charge in [0.25, 0.3) is 0 Å². The van der Waals surface area contributed by atoms with E-state index in [1.165, 1.54) is 16.3 Å². The Morgan fingerprint density at radius 1 is 0.667 bits per heavy atom. The van der Waals surface area contributed by atoms with Gasteiger partial charge in [0.05, 0.1) is 0 Å². The monoisotopic (exact) mass is 361 g/mol. The van der Waals surface area contributed by atoms with Crippen molar-refractivity contribution in [3.63, 3.8) is 0 Å². The zero-order chi connectivity index (χ0) is 12.5. The van der Waals surface area contributed by atoms with Crippen molar-refractivity contribution in [2.45, 2.75) is 0 Å². The van der Waals surface area contributed by atoms with E-state index in [2.05, 4.69) is 79.3 Å². The first-order valence-corrected chi connectivity index (χ1v) is 7.13. The summed E-state index contributed by atoms with van der Waals surface area (Å²) in [5.41, 5.74) is 2.34. The SMILES string of the molecule is Brc1cc(-c2ccc3ccccc3c2)cc(Br)n1. The highest BCUT2D eigenvalue weighted by Gasteiger charge is 2.03. The van der Waals surface area contributed by atoms with Gasteiger partial charge in [0.15, 0.2) is 0 Å². The number of hydrogen-bond acceptors (Lipinski definition) is 1. The van der Waals surface area contributed by atoms with Crippen LogP contribution in [0.5, 0.6) is 0 Å². The average molecular weight is 363 g/mol. The van der Waals surface area contributed by atoms with Crippen molar-refractivity contribution in [1.29, 1.82) is 0 Å². The van der Waals surface area contributed by atoms with E-state index in [1.807, 2.05) is 12.1 Å². The molecule has 0 saturated carbocycles. The number of benzene rings is 2. The Bertz CT molecular complexity index is 702. The molecule has 0 saturated heterocycles. The molecule has 3 aromatic rings. The zero-order valence-electron chi connectivity index (χ0n) is 9.40. The van der Waals surface area contributed by atoms with Gasteiger partial charge in [-0.1, -0.05) is 36.4 Å². The molecule has 18 heavy (non-hydrogen) atoms. The number of aromatic nitrogens is 1. The number of nitrogens with zero attached hydrogens (tertiary/aromatic N) is 1. The third-order valence-corrected chi connectivity index (χ3v) is 3.66. The Balaban J connectivity index is 2.19. The molecule has 0 spiro atoms. The highest BCUT2D eigenvalue weighted by Crippen LogP contribution is 2.28. The molecule has 0 aliphatic heterocycles. The summed E-state index contributed by atoms with van der Waals surface area (Å²) >= 11 is 6.84. The minimum absolute atomic E-state index is 0.833. The molecule has 1 nitrogen and oxygen atoms in total. The molecule has 3 heteroatoms. The molecule has 0 aliphatic rings. The molecule has 0 N–H and O–H groups in total. The maximum absolute atomic E-state index is 4.26. The lowest BCUT2D eigenvalue weighted by Crippen LogP contribution is -1.83. The van der Waals surface area contributed by atoms with Gasteiger partial charge in [0.1, 0.15) is 9.21 Å². The molecule has 0 amide bonds. The van der Waals surface area contributed by atoms with Crippen molar-refractivity contribution in [2.24, 2.45) is 0 Å². The van der Waals surface area contributed by atoms with Gasteiger partial charge in [-0.15, -0.1) is 0 Å². The molecular weight excluding hydrogens is 354 g/mol. The molecule has 3 rings (SSSR count). The van der Waals surface area contributed by atoms with Crippen molar-refractivity contribution in [3.05, 3.63) is 63.8 Å². The molecule has 0 unspecified atom stereocenters. The first kappa shape index (κ1) is 11.9. The van der Waals surface area contributed by atoms with E-state index in [9.17, 15) is 0 Å². The summed E-state index contributed by atoms with van der Waals surface area (Å²) in [5.74, 6) is 0. The van der Waals surface area contributed by atoms with E-state index < -0.39 is 0 Å². The standard InChI is InChI=1S/C15H9Br2N/c16-14-8-13(9-15(17)18-14)12-6-5-10-3-1-2-4-11(10)7-12/h1-9H. The summed E-state index contributed by atoms with van der Waals surface area (Å²) in [4.78, 5) is 4.26. The summed E-state index contributed by atoms with van der Waals surface area (Å²) in [6, 6.07) is 18.9. The van der Waals surface area contributed by atoms with Crippen molar-refractivity contribution in [1.82, 2.24) is 4.98 Å². The van der Waals surface area contributed by atoms with Gasteiger partial charge in [0.2, 0.25) is 0 Å². The van der Waals surface area contributed by atoms with Gasteiger partial charge in [-0.2, -0.15) is 0 Å². The first-order valence-electron chi connectivity index (χ1n) is 5.55. The second kappa shape index (κ2) is 4.82. The molecule has 0 atom stereocenters. The summed E-state index contributed by atoms with van der Waals surface area (Å²) in [6.45, 7) is 0. The maximum atomic E-state index is 4.26. The number of halogens is 2. The Morgan fingerprint density at radius 3 is 2.06 bits per heavy atom. The summed E-state index contributed by atoms with van der Waals surface area (Å²) in [7, 11) is 0. The topological polar surface area (TPSA) is 12.9 Å². The molecule has 88 valence electrons. The third-order valence-electron chi connectivity index (χ3n) is 2.85. The summed E-state index contributed by atoms with van der Waals surface area (Å²) in [5, 5.41) is 2.51. The number of rotatable bonds is 1. The van der Waals surface area contributed by atoms with E-state index >= 15 is 0 Å². The Hall–Kier alpha value is -1.19. The van der Waals surface area contributed by atoms with E-state index in [1.54, 1.807) is 0 Å². The number of fused-ring (bicyclic) bond motifs is 1. The Labute approximate surface area is 122 Å². The lowest BCUT2D eigenvalue weighted by Gasteiger charge is -2.05. The largest absolute Gasteiger partial charge is 0.234 e. The summed E-state index contributed by atoms with van der Waals surface area (Å²) < 4.78 is 1.67. The fourth-order valence-corrected chi connectivity index (χ4v) is 3.11. The van der Waals surface area contributed by atoms with Crippen LogP contribution in [0.15, 0.2) is 63.8 Å². The van der Waals surface area contributed by atoms with Gasteiger partial charge >= 0.3 is 0 Å². The molecular formula is C15H9Br2N. The van der Waals surface area contributed by atoms with Gasteiger partial charge in [-0.25, -0.2) is 4.98 Å². The van der Waals surface area contributed by atoms with Crippen LogP contribution >= 0.6 is 31.9 Å². The third kappa shape index (κ3) is 2.33. The normalized spacial score (nSPS) is 10.8. The van der Waals surface area contributed by atoms with Crippen LogP contribution in [-0.4, -0.2) is 4.98 Å². The van der Waals surface area contributed by atoms with Crippen LogP contribution in [0, 0.1) is 0 Å². The second-order valence-corrected chi connectivity index (χ2v) is 5.69. The van der Waals surface area contributed by atoms with E-state index in [0.717, 1.165) is 14.8 Å². The van der Waals surface area contributed by atoms with Crippen molar-refractivity contribution >= 4 is 42.6 Å². The summed E-state index contributed by atoms with van der Waals surface area (Å²) in [6.07, 6.45) is 0. The minimum Gasteiger partial charge on any atom is -0.234 e. The van der Waals surface area contributed by atoms with E-state index in [4.69, 9.17) is 0 Å². The predicted molar refractivity (Wildman–Crippen MR) is 82.6 cm³/mol. The lowest BCUT2D eigenvalue weighted by molar-refractivity contribution is 1.23. The van der Waals surface area contributed by atoms with Crippen LogP contribution < -0.4 is 0 Å². The average Bonchev–Trinajstić information content (AvgIpc) is 2.37. The highest BCUT2D eigenvalue weighted by molar-refractivity contribution is 9.11. The van der Waals surface area contributed by atoms with Crippen LogP contribution in [0.25, 0.3) is 21.9 Å². The van der Waals surface area contributed by atoms with Crippen LogP contribution in [-0.2, 0) is 0 Å². The van der Waals surface area contributed by atoms with E-state index in [0.29, 0.717) is 0 Å². The second-order valence-electron chi connectivity index (χ2n) is 4.06. The molecule has 0 radical (unpaired) electrons. The van der Waals surface area contributed by atoms with E-state index in [-0.39, 0.29) is 0 Å². The fourth-order valence-electron chi connectivity index (χ4n) is 2.00. The van der Waals surface area contributed by atoms with Crippen LogP contribution in [0.2, 0.25) is 0 Å². The van der Waals surface area contributed by atoms with Gasteiger partial charge in [-0.3, -0.25) is 0 Å².